The minimum atomic E-state index is 0.574. The Hall–Kier alpha value is -2.01. The first-order valence-corrected chi connectivity index (χ1v) is 6.70. The molecule has 0 aliphatic carbocycles. The molecule has 0 aliphatic heterocycles. The highest BCUT2D eigenvalue weighted by atomic mass is 35.5. The number of ether oxygens (including phenoxy) is 1. The van der Waals surface area contributed by atoms with E-state index in [1.165, 1.54) is 0 Å². The smallest absolute Gasteiger partial charge is 0.224 e. The molecular formula is C14H17ClN4O. The van der Waals surface area contributed by atoms with Crippen LogP contribution in [0.3, 0.4) is 0 Å². The Morgan fingerprint density at radius 2 is 2.05 bits per heavy atom. The molecule has 0 amide bonds. The molecule has 0 radical (unpaired) electrons. The minimum absolute atomic E-state index is 0.574. The maximum absolute atomic E-state index is 6.00. The van der Waals surface area contributed by atoms with Gasteiger partial charge in [0.2, 0.25) is 5.95 Å². The molecule has 0 atom stereocenters. The second-order valence-electron chi connectivity index (χ2n) is 4.22. The second-order valence-corrected chi connectivity index (χ2v) is 4.63. The lowest BCUT2D eigenvalue weighted by molar-refractivity contribution is 0.415. The van der Waals surface area contributed by atoms with Gasteiger partial charge in [-0.3, -0.25) is 0 Å². The zero-order valence-electron chi connectivity index (χ0n) is 11.7. The summed E-state index contributed by atoms with van der Waals surface area (Å²) in [5.41, 5.74) is 1.74. The molecule has 0 unspecified atom stereocenters. The number of aromatic nitrogens is 2. The number of nitrogens with zero attached hydrogens (tertiary/aromatic N) is 2. The first-order valence-electron chi connectivity index (χ1n) is 6.32. The third-order valence-corrected chi connectivity index (χ3v) is 2.92. The maximum atomic E-state index is 6.00. The van der Waals surface area contributed by atoms with Crippen LogP contribution < -0.4 is 15.4 Å². The maximum Gasteiger partial charge on any atom is 0.224 e. The topological polar surface area (TPSA) is 59.1 Å². The summed E-state index contributed by atoms with van der Waals surface area (Å²) in [7, 11) is 1.59. The fourth-order valence-electron chi connectivity index (χ4n) is 1.76. The molecule has 1 heterocycles. The fourth-order valence-corrected chi connectivity index (χ4v) is 1.95. The summed E-state index contributed by atoms with van der Waals surface area (Å²) in [4.78, 5) is 8.69. The number of methoxy groups -OCH3 is 1. The van der Waals surface area contributed by atoms with Crippen molar-refractivity contribution in [3.63, 3.8) is 0 Å². The van der Waals surface area contributed by atoms with Crippen LogP contribution in [-0.2, 0) is 0 Å². The van der Waals surface area contributed by atoms with Gasteiger partial charge in [0.1, 0.15) is 11.6 Å². The standard InChI is InChI=1S/C14H17ClN4O/c1-4-16-14-17-9(2)7-13(19-14)18-10-5-6-11(15)12(8-10)20-3/h5-8H,4H2,1-3H3,(H2,16,17,18,19). The Morgan fingerprint density at radius 1 is 1.25 bits per heavy atom. The van der Waals surface area contributed by atoms with Crippen LogP contribution in [0.1, 0.15) is 12.6 Å². The van der Waals surface area contributed by atoms with Crippen LogP contribution in [0.15, 0.2) is 24.3 Å². The summed E-state index contributed by atoms with van der Waals surface area (Å²) in [5.74, 6) is 1.95. The highest BCUT2D eigenvalue weighted by molar-refractivity contribution is 6.32. The van der Waals surface area contributed by atoms with E-state index in [4.69, 9.17) is 16.3 Å². The third-order valence-electron chi connectivity index (χ3n) is 2.61. The Balaban J connectivity index is 2.25. The lowest BCUT2D eigenvalue weighted by atomic mass is 10.3. The number of halogens is 1. The number of benzene rings is 1. The van der Waals surface area contributed by atoms with Gasteiger partial charge in [-0.2, -0.15) is 4.98 Å². The molecule has 1 aromatic carbocycles. The van der Waals surface area contributed by atoms with E-state index in [1.807, 2.05) is 32.0 Å². The van der Waals surface area contributed by atoms with Crippen LogP contribution in [0.25, 0.3) is 0 Å². The van der Waals surface area contributed by atoms with Gasteiger partial charge in [-0.15, -0.1) is 0 Å². The molecule has 2 rings (SSSR count). The van der Waals surface area contributed by atoms with Crippen molar-refractivity contribution < 1.29 is 4.74 Å². The molecule has 20 heavy (non-hydrogen) atoms. The normalized spacial score (nSPS) is 10.2. The van der Waals surface area contributed by atoms with E-state index in [1.54, 1.807) is 13.2 Å². The third kappa shape index (κ3) is 3.51. The van der Waals surface area contributed by atoms with Gasteiger partial charge in [0.05, 0.1) is 12.1 Å². The van der Waals surface area contributed by atoms with Crippen LogP contribution in [0, 0.1) is 6.92 Å². The quantitative estimate of drug-likeness (QED) is 0.881. The van der Waals surface area contributed by atoms with Gasteiger partial charge in [0, 0.05) is 30.1 Å². The van der Waals surface area contributed by atoms with Crippen molar-refractivity contribution in [2.24, 2.45) is 0 Å². The summed E-state index contributed by atoms with van der Waals surface area (Å²) >= 11 is 6.00. The molecule has 2 aromatic rings. The van der Waals surface area contributed by atoms with Crippen molar-refractivity contribution in [1.29, 1.82) is 0 Å². The van der Waals surface area contributed by atoms with Crippen LogP contribution in [0.4, 0.5) is 17.5 Å². The van der Waals surface area contributed by atoms with Crippen LogP contribution in [-0.4, -0.2) is 23.6 Å². The van der Waals surface area contributed by atoms with Crippen molar-refractivity contribution in [1.82, 2.24) is 9.97 Å². The van der Waals surface area contributed by atoms with Gasteiger partial charge in [-0.05, 0) is 26.0 Å². The van der Waals surface area contributed by atoms with Crippen LogP contribution in [0.2, 0.25) is 5.02 Å². The molecule has 6 heteroatoms. The molecule has 0 saturated heterocycles. The molecule has 0 spiro atoms. The van der Waals surface area contributed by atoms with E-state index in [0.29, 0.717) is 16.7 Å². The van der Waals surface area contributed by atoms with Gasteiger partial charge < -0.3 is 15.4 Å². The number of rotatable bonds is 5. The highest BCUT2D eigenvalue weighted by Gasteiger charge is 2.05. The summed E-state index contributed by atoms with van der Waals surface area (Å²) in [5, 5.41) is 6.89. The van der Waals surface area contributed by atoms with Crippen molar-refractivity contribution in [2.75, 3.05) is 24.3 Å². The second kappa shape index (κ2) is 6.43. The highest BCUT2D eigenvalue weighted by Crippen LogP contribution is 2.28. The number of aryl methyl sites for hydroxylation is 1. The van der Waals surface area contributed by atoms with E-state index >= 15 is 0 Å². The van der Waals surface area contributed by atoms with Crippen molar-refractivity contribution in [3.05, 3.63) is 35.0 Å². The summed E-state index contributed by atoms with van der Waals surface area (Å²) in [6.45, 7) is 4.71. The zero-order chi connectivity index (χ0) is 14.5. The summed E-state index contributed by atoms with van der Waals surface area (Å²) in [6, 6.07) is 7.35. The van der Waals surface area contributed by atoms with Crippen molar-refractivity contribution >= 4 is 29.1 Å². The van der Waals surface area contributed by atoms with E-state index < -0.39 is 0 Å². The predicted octanol–water partition coefficient (Wildman–Crippen LogP) is 3.62. The molecule has 0 fully saturated rings. The van der Waals surface area contributed by atoms with Gasteiger partial charge in [0.25, 0.3) is 0 Å². The molecule has 0 aliphatic rings. The lowest BCUT2D eigenvalue weighted by Crippen LogP contribution is -2.05. The van der Waals surface area contributed by atoms with Gasteiger partial charge in [-0.1, -0.05) is 11.6 Å². The molecule has 2 N–H and O–H groups in total. The van der Waals surface area contributed by atoms with E-state index in [0.717, 1.165) is 23.7 Å². The monoisotopic (exact) mass is 292 g/mol. The molecule has 5 nitrogen and oxygen atoms in total. The predicted molar refractivity (Wildman–Crippen MR) is 82.2 cm³/mol. The number of nitrogens with one attached hydrogen (secondary N) is 2. The molecule has 106 valence electrons. The molecular weight excluding hydrogens is 276 g/mol. The first kappa shape index (κ1) is 14.4. The number of hydrogen-bond acceptors (Lipinski definition) is 5. The minimum Gasteiger partial charge on any atom is -0.495 e. The largest absolute Gasteiger partial charge is 0.495 e. The molecule has 0 saturated carbocycles. The Kier molecular flexibility index (Phi) is 4.63. The van der Waals surface area contributed by atoms with Gasteiger partial charge >= 0.3 is 0 Å². The average molecular weight is 293 g/mol. The van der Waals surface area contributed by atoms with Crippen LogP contribution in [0.5, 0.6) is 5.75 Å². The van der Waals surface area contributed by atoms with Crippen molar-refractivity contribution in [3.8, 4) is 5.75 Å². The first-order chi connectivity index (χ1) is 9.62. The van der Waals surface area contributed by atoms with E-state index in [9.17, 15) is 0 Å². The zero-order valence-corrected chi connectivity index (χ0v) is 12.5. The molecule has 0 bridgehead atoms. The van der Waals surface area contributed by atoms with E-state index in [-0.39, 0.29) is 0 Å². The average Bonchev–Trinajstić information content (AvgIpc) is 2.40. The van der Waals surface area contributed by atoms with Gasteiger partial charge in [0.15, 0.2) is 0 Å². The Bertz CT molecular complexity index is 604. The Labute approximate surface area is 123 Å². The Morgan fingerprint density at radius 3 is 2.75 bits per heavy atom. The lowest BCUT2D eigenvalue weighted by Gasteiger charge is -2.10. The molecule has 1 aromatic heterocycles. The van der Waals surface area contributed by atoms with Gasteiger partial charge in [-0.25, -0.2) is 4.98 Å². The number of hydrogen-bond donors (Lipinski definition) is 2. The van der Waals surface area contributed by atoms with Crippen molar-refractivity contribution in [2.45, 2.75) is 13.8 Å². The number of anilines is 3. The van der Waals surface area contributed by atoms with E-state index in [2.05, 4.69) is 20.6 Å². The summed E-state index contributed by atoms with van der Waals surface area (Å²) in [6.07, 6.45) is 0. The summed E-state index contributed by atoms with van der Waals surface area (Å²) < 4.78 is 5.19. The SMILES string of the molecule is CCNc1nc(C)cc(Nc2ccc(Cl)c(OC)c2)n1. The fraction of sp³-hybridized carbons (Fsp3) is 0.286. The van der Waals surface area contributed by atoms with Crippen LogP contribution >= 0.6 is 11.6 Å².